The lowest BCUT2D eigenvalue weighted by molar-refractivity contribution is 0.0897. The van der Waals surface area contributed by atoms with Gasteiger partial charge < -0.3 is 10.5 Å². The zero-order chi connectivity index (χ0) is 19.3. The Labute approximate surface area is 164 Å². The molecule has 4 rings (SSSR count). The van der Waals surface area contributed by atoms with Gasteiger partial charge in [0.15, 0.2) is 11.5 Å². The molecule has 0 saturated carbocycles. The van der Waals surface area contributed by atoms with Crippen LogP contribution in [-0.2, 0) is 4.74 Å². The maximum atomic E-state index is 13.2. The van der Waals surface area contributed by atoms with Crippen molar-refractivity contribution in [2.24, 2.45) is 5.73 Å². The number of halogens is 2. The number of nitrogens with zero attached hydrogens (tertiary/aromatic N) is 1. The molecule has 0 radical (unpaired) electrons. The van der Waals surface area contributed by atoms with Gasteiger partial charge in [-0.05, 0) is 17.7 Å². The lowest BCUT2D eigenvalue weighted by Gasteiger charge is -2.31. The standard InChI is InChI=1S/C20H10Cl2N2O3/c21-9-5-6-12(14(22)7-9)15-13(8-23)20(24)27-19-16(15)17(25)10-3-1-2-4-11(10)18(19)26/h1-7,15H,24H2/t15-/m1/s1. The van der Waals surface area contributed by atoms with Crippen LogP contribution < -0.4 is 5.73 Å². The first-order chi connectivity index (χ1) is 12.9. The highest BCUT2D eigenvalue weighted by atomic mass is 35.5. The Balaban J connectivity index is 2.00. The summed E-state index contributed by atoms with van der Waals surface area (Å²) in [6, 6.07) is 13.1. The first kappa shape index (κ1) is 17.3. The van der Waals surface area contributed by atoms with Crippen molar-refractivity contribution < 1.29 is 14.3 Å². The Morgan fingerprint density at radius 3 is 2.33 bits per heavy atom. The second kappa shape index (κ2) is 6.27. The molecule has 2 aromatic carbocycles. The molecule has 2 aromatic rings. The zero-order valence-electron chi connectivity index (χ0n) is 13.6. The zero-order valence-corrected chi connectivity index (χ0v) is 15.1. The van der Waals surface area contributed by atoms with Crippen molar-refractivity contribution in [3.63, 3.8) is 0 Å². The fourth-order valence-corrected chi connectivity index (χ4v) is 3.87. The van der Waals surface area contributed by atoms with Gasteiger partial charge in [0.25, 0.3) is 0 Å². The van der Waals surface area contributed by atoms with Gasteiger partial charge in [-0.2, -0.15) is 5.26 Å². The quantitative estimate of drug-likeness (QED) is 0.781. The second-order valence-corrected chi connectivity index (χ2v) is 6.88. The van der Waals surface area contributed by atoms with E-state index in [-0.39, 0.29) is 38.9 Å². The van der Waals surface area contributed by atoms with Crippen LogP contribution in [0.2, 0.25) is 10.0 Å². The summed E-state index contributed by atoms with van der Waals surface area (Å²) < 4.78 is 5.42. The number of fused-ring (bicyclic) bond motifs is 1. The summed E-state index contributed by atoms with van der Waals surface area (Å²) in [6.45, 7) is 0. The summed E-state index contributed by atoms with van der Waals surface area (Å²) in [7, 11) is 0. The highest BCUT2D eigenvalue weighted by Crippen LogP contribution is 2.46. The van der Waals surface area contributed by atoms with Gasteiger partial charge >= 0.3 is 0 Å². The molecule has 0 bridgehead atoms. The van der Waals surface area contributed by atoms with E-state index in [0.717, 1.165) is 0 Å². The monoisotopic (exact) mass is 396 g/mol. The molecule has 0 unspecified atom stereocenters. The van der Waals surface area contributed by atoms with Gasteiger partial charge in [0.05, 0.1) is 11.5 Å². The number of Topliss-reactive ketones (excluding diaryl/α,β-unsaturated/α-hetero) is 2. The minimum atomic E-state index is -0.923. The molecule has 1 aliphatic heterocycles. The number of carbonyl (C=O) groups is 2. The van der Waals surface area contributed by atoms with Crippen molar-refractivity contribution in [2.75, 3.05) is 0 Å². The van der Waals surface area contributed by atoms with E-state index in [9.17, 15) is 14.9 Å². The number of nitrogens with two attached hydrogens (primary N) is 1. The molecule has 0 aromatic heterocycles. The van der Waals surface area contributed by atoms with Gasteiger partial charge in [0.1, 0.15) is 11.6 Å². The number of ketones is 2. The van der Waals surface area contributed by atoms with Gasteiger partial charge in [-0.15, -0.1) is 0 Å². The molecule has 132 valence electrons. The van der Waals surface area contributed by atoms with Crippen LogP contribution in [0.1, 0.15) is 32.2 Å². The third kappa shape index (κ3) is 2.54. The molecule has 7 heteroatoms. The van der Waals surface area contributed by atoms with Crippen LogP contribution in [0.5, 0.6) is 0 Å². The summed E-state index contributed by atoms with van der Waals surface area (Å²) in [6.07, 6.45) is 0. The van der Waals surface area contributed by atoms with Crippen LogP contribution in [0.25, 0.3) is 0 Å². The van der Waals surface area contributed by atoms with E-state index in [4.69, 9.17) is 33.7 Å². The molecule has 2 aliphatic rings. The summed E-state index contributed by atoms with van der Waals surface area (Å²) in [4.78, 5) is 26.1. The van der Waals surface area contributed by atoms with Gasteiger partial charge in [-0.25, -0.2) is 0 Å². The van der Waals surface area contributed by atoms with Crippen LogP contribution >= 0.6 is 23.2 Å². The third-order valence-electron chi connectivity index (χ3n) is 4.56. The third-order valence-corrected chi connectivity index (χ3v) is 5.12. The van der Waals surface area contributed by atoms with Gasteiger partial charge in [-0.1, -0.05) is 53.5 Å². The molecule has 2 N–H and O–H groups in total. The van der Waals surface area contributed by atoms with E-state index in [1.165, 1.54) is 6.07 Å². The van der Waals surface area contributed by atoms with Crippen molar-refractivity contribution in [1.82, 2.24) is 0 Å². The van der Waals surface area contributed by atoms with Crippen molar-refractivity contribution in [3.05, 3.63) is 92.0 Å². The number of rotatable bonds is 1. The van der Waals surface area contributed by atoms with E-state index in [2.05, 4.69) is 0 Å². The normalized spacial score (nSPS) is 18.6. The van der Waals surface area contributed by atoms with Crippen molar-refractivity contribution in [1.29, 1.82) is 5.26 Å². The number of nitriles is 1. The average molecular weight is 397 g/mol. The predicted octanol–water partition coefficient (Wildman–Crippen LogP) is 4.13. The number of hydrogen-bond donors (Lipinski definition) is 1. The lowest BCUT2D eigenvalue weighted by atomic mass is 9.75. The molecule has 1 heterocycles. The maximum absolute atomic E-state index is 13.2. The Kier molecular flexibility index (Phi) is 4.03. The number of hydrogen-bond acceptors (Lipinski definition) is 5. The van der Waals surface area contributed by atoms with E-state index in [1.807, 2.05) is 6.07 Å². The Bertz CT molecular complexity index is 1140. The molecule has 27 heavy (non-hydrogen) atoms. The predicted molar refractivity (Wildman–Crippen MR) is 99.2 cm³/mol. The molecule has 5 nitrogen and oxygen atoms in total. The van der Waals surface area contributed by atoms with Gasteiger partial charge in [0.2, 0.25) is 11.7 Å². The largest absolute Gasteiger partial charge is 0.436 e. The van der Waals surface area contributed by atoms with Crippen molar-refractivity contribution >= 4 is 34.8 Å². The van der Waals surface area contributed by atoms with Gasteiger partial charge in [0, 0.05) is 21.2 Å². The summed E-state index contributed by atoms with van der Waals surface area (Å²) >= 11 is 12.3. The van der Waals surface area contributed by atoms with Crippen LogP contribution in [0.4, 0.5) is 0 Å². The Hall–Kier alpha value is -3.07. The molecule has 0 amide bonds. The molecule has 0 fully saturated rings. The fraction of sp³-hybridized carbons (Fsp3) is 0.0500. The highest BCUT2D eigenvalue weighted by molar-refractivity contribution is 6.35. The second-order valence-electron chi connectivity index (χ2n) is 6.04. The van der Waals surface area contributed by atoms with E-state index in [1.54, 1.807) is 36.4 Å². The molecule has 1 atom stereocenters. The lowest BCUT2D eigenvalue weighted by Crippen LogP contribution is -2.32. The first-order valence-electron chi connectivity index (χ1n) is 7.89. The number of carbonyl (C=O) groups excluding carboxylic acids is 2. The highest BCUT2D eigenvalue weighted by Gasteiger charge is 2.44. The smallest absolute Gasteiger partial charge is 0.229 e. The molecule has 1 aliphatic carbocycles. The topological polar surface area (TPSA) is 93.2 Å². The SMILES string of the molecule is N#CC1=C(N)OC2=C(C(=O)c3ccccc3C2=O)[C@@H]1c1ccc(Cl)cc1Cl. The molecular formula is C20H10Cl2N2O3. The average Bonchev–Trinajstić information content (AvgIpc) is 2.65. The number of ether oxygens (including phenoxy) is 1. The van der Waals surface area contributed by atoms with Crippen LogP contribution in [0, 0.1) is 11.3 Å². The van der Waals surface area contributed by atoms with Crippen LogP contribution in [0.15, 0.2) is 65.3 Å². The van der Waals surface area contributed by atoms with E-state index < -0.39 is 17.5 Å². The minimum Gasteiger partial charge on any atom is -0.436 e. The number of benzene rings is 2. The minimum absolute atomic E-state index is 0.0125. The molecule has 0 saturated heterocycles. The summed E-state index contributed by atoms with van der Waals surface area (Å²) in [5, 5.41) is 10.3. The molecule has 0 spiro atoms. The van der Waals surface area contributed by atoms with Gasteiger partial charge in [-0.3, -0.25) is 9.59 Å². The van der Waals surface area contributed by atoms with Crippen LogP contribution in [0.3, 0.4) is 0 Å². The summed E-state index contributed by atoms with van der Waals surface area (Å²) in [5.41, 5.74) is 6.88. The number of allylic oxidation sites excluding steroid dienone is 3. The Morgan fingerprint density at radius 1 is 1.04 bits per heavy atom. The van der Waals surface area contributed by atoms with Crippen molar-refractivity contribution in [3.8, 4) is 6.07 Å². The first-order valence-corrected chi connectivity index (χ1v) is 8.64. The van der Waals surface area contributed by atoms with Crippen LogP contribution in [-0.4, -0.2) is 11.6 Å². The fourth-order valence-electron chi connectivity index (χ4n) is 3.35. The maximum Gasteiger partial charge on any atom is 0.229 e. The van der Waals surface area contributed by atoms with E-state index in [0.29, 0.717) is 10.6 Å². The van der Waals surface area contributed by atoms with Crippen molar-refractivity contribution in [2.45, 2.75) is 5.92 Å². The summed E-state index contributed by atoms with van der Waals surface area (Å²) in [5.74, 6) is -2.20. The Morgan fingerprint density at radius 2 is 1.70 bits per heavy atom. The molecular weight excluding hydrogens is 387 g/mol. The van der Waals surface area contributed by atoms with E-state index >= 15 is 0 Å².